The fourth-order valence-corrected chi connectivity index (χ4v) is 1.84. The first-order valence-electron chi connectivity index (χ1n) is 4.78. The van der Waals surface area contributed by atoms with E-state index < -0.39 is 6.10 Å². The molecule has 0 heterocycles. The van der Waals surface area contributed by atoms with E-state index in [1.54, 1.807) is 20.1 Å². The van der Waals surface area contributed by atoms with Crippen LogP contribution in [0, 0.1) is 0 Å². The third-order valence-electron chi connectivity index (χ3n) is 2.03. The molecule has 0 amide bonds. The average molecular weight is 275 g/mol. The highest BCUT2D eigenvalue weighted by molar-refractivity contribution is 9.10. The Balaban J connectivity index is 3.19. The van der Waals surface area contributed by atoms with E-state index in [9.17, 15) is 5.11 Å². The van der Waals surface area contributed by atoms with Gasteiger partial charge in [0.25, 0.3) is 0 Å². The van der Waals surface area contributed by atoms with Crippen molar-refractivity contribution in [3.05, 3.63) is 22.2 Å². The molecule has 0 saturated carbocycles. The van der Waals surface area contributed by atoms with Crippen LogP contribution >= 0.6 is 15.9 Å². The Hall–Kier alpha value is -0.740. The van der Waals surface area contributed by atoms with Gasteiger partial charge in [0.15, 0.2) is 0 Å². The van der Waals surface area contributed by atoms with Crippen molar-refractivity contribution in [2.24, 2.45) is 0 Å². The molecule has 0 bridgehead atoms. The predicted octanol–water partition coefficient (Wildman–Crippen LogP) is 2.91. The van der Waals surface area contributed by atoms with Crippen molar-refractivity contribution in [3.63, 3.8) is 0 Å². The molecule has 4 heteroatoms. The van der Waals surface area contributed by atoms with Crippen LogP contribution in [-0.4, -0.2) is 18.8 Å². The molecule has 1 aromatic carbocycles. The fourth-order valence-electron chi connectivity index (χ4n) is 1.31. The van der Waals surface area contributed by atoms with Crippen molar-refractivity contribution in [2.45, 2.75) is 20.0 Å². The van der Waals surface area contributed by atoms with Crippen LogP contribution in [0.4, 0.5) is 0 Å². The summed E-state index contributed by atoms with van der Waals surface area (Å²) in [6.45, 7) is 4.17. The van der Waals surface area contributed by atoms with E-state index in [4.69, 9.17) is 9.47 Å². The minimum Gasteiger partial charge on any atom is -0.495 e. The lowest BCUT2D eigenvalue weighted by atomic mass is 10.1. The maximum Gasteiger partial charge on any atom is 0.136 e. The van der Waals surface area contributed by atoms with Gasteiger partial charge >= 0.3 is 0 Å². The number of ether oxygens (including phenoxy) is 2. The molecule has 0 radical (unpaired) electrons. The Morgan fingerprint density at radius 3 is 2.53 bits per heavy atom. The summed E-state index contributed by atoms with van der Waals surface area (Å²) < 4.78 is 11.4. The lowest BCUT2D eigenvalue weighted by Crippen LogP contribution is -2.01. The first kappa shape index (κ1) is 12.3. The third kappa shape index (κ3) is 2.86. The summed E-state index contributed by atoms with van der Waals surface area (Å²) in [6.07, 6.45) is -0.561. The number of halogens is 1. The largest absolute Gasteiger partial charge is 0.495 e. The van der Waals surface area contributed by atoms with Gasteiger partial charge in [-0.15, -0.1) is 0 Å². The van der Waals surface area contributed by atoms with Crippen molar-refractivity contribution >= 4 is 15.9 Å². The van der Waals surface area contributed by atoms with Gasteiger partial charge in [0.1, 0.15) is 11.5 Å². The molecule has 0 fully saturated rings. The van der Waals surface area contributed by atoms with Crippen molar-refractivity contribution in [1.29, 1.82) is 0 Å². The van der Waals surface area contributed by atoms with Crippen LogP contribution in [0.3, 0.4) is 0 Å². The molecule has 1 N–H and O–H groups in total. The van der Waals surface area contributed by atoms with Gasteiger partial charge in [-0.05, 0) is 35.8 Å². The van der Waals surface area contributed by atoms with Crippen molar-refractivity contribution < 1.29 is 14.6 Å². The molecule has 0 spiro atoms. The van der Waals surface area contributed by atoms with Crippen LogP contribution in [0.15, 0.2) is 16.6 Å². The van der Waals surface area contributed by atoms with Crippen molar-refractivity contribution in [3.8, 4) is 11.5 Å². The lowest BCUT2D eigenvalue weighted by Gasteiger charge is -2.15. The van der Waals surface area contributed by atoms with Gasteiger partial charge < -0.3 is 14.6 Å². The molecule has 15 heavy (non-hydrogen) atoms. The quantitative estimate of drug-likeness (QED) is 0.918. The maximum absolute atomic E-state index is 9.58. The highest BCUT2D eigenvalue weighted by Crippen LogP contribution is 2.35. The number of methoxy groups -OCH3 is 1. The van der Waals surface area contributed by atoms with Crippen LogP contribution < -0.4 is 9.47 Å². The summed E-state index contributed by atoms with van der Waals surface area (Å²) >= 11 is 3.37. The van der Waals surface area contributed by atoms with Gasteiger partial charge in [-0.2, -0.15) is 0 Å². The van der Waals surface area contributed by atoms with E-state index in [0.29, 0.717) is 18.1 Å². The smallest absolute Gasteiger partial charge is 0.136 e. The van der Waals surface area contributed by atoms with Gasteiger partial charge in [-0.3, -0.25) is 0 Å². The highest BCUT2D eigenvalue weighted by atomic mass is 79.9. The standard InChI is InChI=1S/C11H15BrO3/c1-4-15-10-6-11(14-3)9(12)5-8(10)7(2)13/h5-7,13H,4H2,1-3H3. The molecule has 0 aliphatic heterocycles. The van der Waals surface area contributed by atoms with E-state index in [-0.39, 0.29) is 0 Å². The normalized spacial score (nSPS) is 12.3. The summed E-state index contributed by atoms with van der Waals surface area (Å²) in [6, 6.07) is 3.59. The average Bonchev–Trinajstić information content (AvgIpc) is 2.20. The SMILES string of the molecule is CCOc1cc(OC)c(Br)cc1C(C)O. The molecule has 1 atom stereocenters. The molecular weight excluding hydrogens is 260 g/mol. The topological polar surface area (TPSA) is 38.7 Å². The molecule has 0 saturated heterocycles. The predicted molar refractivity (Wildman–Crippen MR) is 62.5 cm³/mol. The summed E-state index contributed by atoms with van der Waals surface area (Å²) in [5.41, 5.74) is 0.754. The number of rotatable bonds is 4. The Morgan fingerprint density at radius 1 is 1.40 bits per heavy atom. The second kappa shape index (κ2) is 5.37. The number of hydrogen-bond acceptors (Lipinski definition) is 3. The monoisotopic (exact) mass is 274 g/mol. The van der Waals surface area contributed by atoms with Gasteiger partial charge in [0, 0.05) is 11.6 Å². The number of benzene rings is 1. The molecule has 0 aliphatic rings. The van der Waals surface area contributed by atoms with E-state index >= 15 is 0 Å². The fraction of sp³-hybridized carbons (Fsp3) is 0.455. The van der Waals surface area contributed by atoms with E-state index in [1.807, 2.05) is 13.0 Å². The maximum atomic E-state index is 9.58. The van der Waals surface area contributed by atoms with Crippen LogP contribution in [0.25, 0.3) is 0 Å². The Bertz CT molecular complexity index is 337. The number of hydrogen-bond donors (Lipinski definition) is 1. The van der Waals surface area contributed by atoms with Gasteiger partial charge in [-0.1, -0.05) is 0 Å². The summed E-state index contributed by atoms with van der Waals surface area (Å²) in [5, 5.41) is 9.58. The minimum absolute atomic E-state index is 0.560. The minimum atomic E-state index is -0.561. The van der Waals surface area contributed by atoms with Crippen LogP contribution in [-0.2, 0) is 0 Å². The van der Waals surface area contributed by atoms with Crippen LogP contribution in [0.1, 0.15) is 25.5 Å². The van der Waals surface area contributed by atoms with Crippen LogP contribution in [0.5, 0.6) is 11.5 Å². The van der Waals surface area contributed by atoms with Crippen LogP contribution in [0.2, 0.25) is 0 Å². The molecule has 0 aromatic heterocycles. The molecule has 0 aliphatic carbocycles. The Labute approximate surface area is 98.1 Å². The van der Waals surface area contributed by atoms with E-state index in [2.05, 4.69) is 15.9 Å². The second-order valence-corrected chi connectivity index (χ2v) is 3.99. The second-order valence-electron chi connectivity index (χ2n) is 3.13. The van der Waals surface area contributed by atoms with Crippen molar-refractivity contribution in [2.75, 3.05) is 13.7 Å². The van der Waals surface area contributed by atoms with Crippen molar-refractivity contribution in [1.82, 2.24) is 0 Å². The summed E-state index contributed by atoms with van der Waals surface area (Å²) in [5.74, 6) is 1.36. The zero-order valence-corrected chi connectivity index (χ0v) is 10.7. The molecular formula is C11H15BrO3. The van der Waals surface area contributed by atoms with E-state index in [0.717, 1.165) is 10.0 Å². The zero-order chi connectivity index (χ0) is 11.4. The third-order valence-corrected chi connectivity index (χ3v) is 2.65. The summed E-state index contributed by atoms with van der Waals surface area (Å²) in [7, 11) is 1.60. The Kier molecular flexibility index (Phi) is 4.42. The van der Waals surface area contributed by atoms with Gasteiger partial charge in [0.2, 0.25) is 0 Å². The zero-order valence-electron chi connectivity index (χ0n) is 9.08. The van der Waals surface area contributed by atoms with Gasteiger partial charge in [0.05, 0.1) is 24.3 Å². The number of aliphatic hydroxyl groups excluding tert-OH is 1. The first-order valence-corrected chi connectivity index (χ1v) is 5.57. The molecule has 1 rings (SSSR count). The molecule has 3 nitrogen and oxygen atoms in total. The highest BCUT2D eigenvalue weighted by Gasteiger charge is 2.13. The molecule has 84 valence electrons. The molecule has 1 aromatic rings. The first-order chi connectivity index (χ1) is 7.10. The van der Waals surface area contributed by atoms with E-state index in [1.165, 1.54) is 0 Å². The lowest BCUT2D eigenvalue weighted by molar-refractivity contribution is 0.192. The summed E-state index contributed by atoms with van der Waals surface area (Å²) in [4.78, 5) is 0. The Morgan fingerprint density at radius 2 is 2.07 bits per heavy atom. The number of aliphatic hydroxyl groups is 1. The molecule has 1 unspecified atom stereocenters. The van der Waals surface area contributed by atoms with Gasteiger partial charge in [-0.25, -0.2) is 0 Å².